The number of benzene rings is 1. The van der Waals surface area contributed by atoms with Gasteiger partial charge in [0, 0.05) is 9.99 Å². The molecule has 3 N–H and O–H groups in total. The van der Waals surface area contributed by atoms with Crippen molar-refractivity contribution >= 4 is 28.5 Å². The first-order valence-corrected chi connectivity index (χ1v) is 8.10. The molecule has 1 amide bonds. The number of halogens is 1. The predicted octanol–water partition coefficient (Wildman–Crippen LogP) is 2.72. The van der Waals surface area contributed by atoms with Crippen molar-refractivity contribution in [1.82, 2.24) is 5.32 Å². The molecule has 1 atom stereocenters. The van der Waals surface area contributed by atoms with E-state index in [1.54, 1.807) is 6.07 Å². The van der Waals surface area contributed by atoms with Crippen LogP contribution in [0.25, 0.3) is 0 Å². The van der Waals surface area contributed by atoms with Gasteiger partial charge in [-0.1, -0.05) is 20.8 Å². The number of rotatable bonds is 4. The van der Waals surface area contributed by atoms with Gasteiger partial charge in [0.1, 0.15) is 11.9 Å². The van der Waals surface area contributed by atoms with E-state index in [9.17, 15) is 4.79 Å². The molecule has 20 heavy (non-hydrogen) atoms. The minimum Gasteiger partial charge on any atom is -0.489 e. The van der Waals surface area contributed by atoms with Crippen molar-refractivity contribution in [3.63, 3.8) is 0 Å². The Kier molecular flexibility index (Phi) is 7.29. The summed E-state index contributed by atoms with van der Waals surface area (Å²) in [5.41, 5.74) is 6.93. The Hall–Kier alpha value is -0.820. The number of fused-ring (bicyclic) bond motifs is 1. The van der Waals surface area contributed by atoms with Crippen molar-refractivity contribution in [3.05, 3.63) is 26.8 Å². The molecule has 0 saturated carbocycles. The molecule has 0 aromatic heterocycles. The summed E-state index contributed by atoms with van der Waals surface area (Å²) in [6.45, 7) is 8.46. The maximum absolute atomic E-state index is 11.2. The highest BCUT2D eigenvalue weighted by molar-refractivity contribution is 14.1. The largest absolute Gasteiger partial charge is 0.489 e. The number of nitrogens with one attached hydrogen (secondary N) is 1. The number of primary amides is 1. The molecule has 0 saturated heterocycles. The van der Waals surface area contributed by atoms with E-state index in [4.69, 9.17) is 10.5 Å². The molecule has 1 aromatic rings. The normalized spacial score (nSPS) is 15.9. The Morgan fingerprint density at radius 1 is 1.40 bits per heavy atom. The maximum Gasteiger partial charge on any atom is 0.252 e. The molecule has 0 radical (unpaired) electrons. The summed E-state index contributed by atoms with van der Waals surface area (Å²) in [6, 6.07) is 3.83. The molecule has 5 heteroatoms. The lowest BCUT2D eigenvalue weighted by Gasteiger charge is -2.08. The quantitative estimate of drug-likeness (QED) is 0.778. The average molecular weight is 390 g/mol. The SMILES string of the molecule is CCC1Cc2cc(I)cc(C(N)=O)c2O1.CCNCC. The van der Waals surface area contributed by atoms with Gasteiger partial charge in [0.2, 0.25) is 0 Å². The highest BCUT2D eigenvalue weighted by atomic mass is 127. The molecule has 2 rings (SSSR count). The van der Waals surface area contributed by atoms with E-state index in [0.717, 1.165) is 35.1 Å². The molecule has 1 aliphatic rings. The molecular weight excluding hydrogens is 367 g/mol. The number of carbonyl (C=O) groups excluding carboxylic acids is 1. The first kappa shape index (κ1) is 17.2. The third kappa shape index (κ3) is 4.63. The standard InChI is InChI=1S/C11H12INO2.C4H11N/c1-2-8-4-6-3-7(12)5-9(11(13)14)10(6)15-8;1-3-5-4-2/h3,5,8H,2,4H2,1H3,(H2,13,14);5H,3-4H2,1-2H3. The Bertz CT molecular complexity index is 461. The van der Waals surface area contributed by atoms with Gasteiger partial charge in [0.15, 0.2) is 0 Å². The lowest BCUT2D eigenvalue weighted by atomic mass is 10.1. The van der Waals surface area contributed by atoms with E-state index in [1.807, 2.05) is 0 Å². The molecule has 0 spiro atoms. The van der Waals surface area contributed by atoms with Crippen molar-refractivity contribution in [2.45, 2.75) is 39.7 Å². The third-order valence-electron chi connectivity index (χ3n) is 3.08. The summed E-state index contributed by atoms with van der Waals surface area (Å²) >= 11 is 2.19. The lowest BCUT2D eigenvalue weighted by molar-refractivity contribution is 0.0995. The topological polar surface area (TPSA) is 64.4 Å². The fraction of sp³-hybridized carbons (Fsp3) is 0.533. The zero-order valence-corrected chi connectivity index (χ0v) is 14.5. The van der Waals surface area contributed by atoms with Crippen molar-refractivity contribution in [3.8, 4) is 5.75 Å². The molecule has 0 aliphatic carbocycles. The van der Waals surface area contributed by atoms with E-state index in [0.29, 0.717) is 11.3 Å². The summed E-state index contributed by atoms with van der Waals surface area (Å²) in [6.07, 6.45) is 2.02. The van der Waals surface area contributed by atoms with Gasteiger partial charge in [0.05, 0.1) is 5.56 Å². The monoisotopic (exact) mass is 390 g/mol. The molecule has 0 bridgehead atoms. The highest BCUT2D eigenvalue weighted by Gasteiger charge is 2.26. The van der Waals surface area contributed by atoms with Crippen LogP contribution < -0.4 is 15.8 Å². The minimum absolute atomic E-state index is 0.191. The van der Waals surface area contributed by atoms with Gasteiger partial charge in [-0.3, -0.25) is 4.79 Å². The van der Waals surface area contributed by atoms with Gasteiger partial charge >= 0.3 is 0 Å². The summed E-state index contributed by atoms with van der Waals surface area (Å²) in [7, 11) is 0. The van der Waals surface area contributed by atoms with E-state index in [-0.39, 0.29) is 6.10 Å². The van der Waals surface area contributed by atoms with Crippen LogP contribution in [-0.4, -0.2) is 25.1 Å². The number of hydrogen-bond acceptors (Lipinski definition) is 3. The maximum atomic E-state index is 11.2. The summed E-state index contributed by atoms with van der Waals surface area (Å²) in [5.74, 6) is 0.274. The summed E-state index contributed by atoms with van der Waals surface area (Å²) < 4.78 is 6.73. The lowest BCUT2D eigenvalue weighted by Crippen LogP contribution is -2.14. The Morgan fingerprint density at radius 2 is 2.05 bits per heavy atom. The molecule has 1 unspecified atom stereocenters. The zero-order valence-electron chi connectivity index (χ0n) is 12.3. The van der Waals surface area contributed by atoms with E-state index >= 15 is 0 Å². The second kappa shape index (κ2) is 8.46. The fourth-order valence-corrected chi connectivity index (χ4v) is 2.74. The molecule has 1 aromatic carbocycles. The smallest absolute Gasteiger partial charge is 0.252 e. The number of nitrogens with two attached hydrogens (primary N) is 1. The van der Waals surface area contributed by atoms with Gasteiger partial charge in [-0.05, 0) is 59.8 Å². The van der Waals surface area contributed by atoms with Crippen LogP contribution in [-0.2, 0) is 6.42 Å². The molecule has 0 fully saturated rings. The van der Waals surface area contributed by atoms with Crippen LogP contribution in [0.4, 0.5) is 0 Å². The van der Waals surface area contributed by atoms with E-state index in [2.05, 4.69) is 54.7 Å². The second-order valence-electron chi connectivity index (χ2n) is 4.62. The Morgan fingerprint density at radius 3 is 2.50 bits per heavy atom. The fourth-order valence-electron chi connectivity index (χ4n) is 2.06. The van der Waals surface area contributed by atoms with Gasteiger partial charge in [-0.15, -0.1) is 0 Å². The molecule has 4 nitrogen and oxygen atoms in total. The molecular formula is C15H23IN2O2. The zero-order chi connectivity index (χ0) is 15.1. The van der Waals surface area contributed by atoms with Crippen LogP contribution in [0.1, 0.15) is 43.1 Å². The Balaban J connectivity index is 0.000000347. The van der Waals surface area contributed by atoms with Crippen LogP contribution in [0.5, 0.6) is 5.75 Å². The van der Waals surface area contributed by atoms with Crippen LogP contribution in [0.15, 0.2) is 12.1 Å². The van der Waals surface area contributed by atoms with Crippen molar-refractivity contribution in [1.29, 1.82) is 0 Å². The highest BCUT2D eigenvalue weighted by Crippen LogP contribution is 2.34. The van der Waals surface area contributed by atoms with Crippen LogP contribution in [0.3, 0.4) is 0 Å². The third-order valence-corrected chi connectivity index (χ3v) is 3.71. The van der Waals surface area contributed by atoms with Crippen molar-refractivity contribution < 1.29 is 9.53 Å². The number of ether oxygens (including phenoxy) is 1. The molecule has 112 valence electrons. The summed E-state index contributed by atoms with van der Waals surface area (Å²) in [4.78, 5) is 11.2. The molecule has 1 aliphatic heterocycles. The van der Waals surface area contributed by atoms with Crippen molar-refractivity contribution in [2.75, 3.05) is 13.1 Å². The van der Waals surface area contributed by atoms with Crippen LogP contribution >= 0.6 is 22.6 Å². The van der Waals surface area contributed by atoms with E-state index in [1.165, 1.54) is 0 Å². The minimum atomic E-state index is -0.415. The van der Waals surface area contributed by atoms with Gasteiger partial charge in [-0.2, -0.15) is 0 Å². The number of hydrogen-bond donors (Lipinski definition) is 2. The average Bonchev–Trinajstić information content (AvgIpc) is 2.82. The molecule has 1 heterocycles. The van der Waals surface area contributed by atoms with Gasteiger partial charge in [-0.25, -0.2) is 0 Å². The van der Waals surface area contributed by atoms with E-state index < -0.39 is 5.91 Å². The number of amides is 1. The van der Waals surface area contributed by atoms with Gasteiger partial charge in [0.25, 0.3) is 5.91 Å². The first-order chi connectivity index (χ1) is 9.53. The van der Waals surface area contributed by atoms with Crippen LogP contribution in [0, 0.1) is 3.57 Å². The second-order valence-corrected chi connectivity index (χ2v) is 5.86. The van der Waals surface area contributed by atoms with Crippen LogP contribution in [0.2, 0.25) is 0 Å². The first-order valence-electron chi connectivity index (χ1n) is 7.02. The predicted molar refractivity (Wildman–Crippen MR) is 90.3 cm³/mol. The number of carbonyl (C=O) groups is 1. The Labute approximate surface area is 134 Å². The van der Waals surface area contributed by atoms with Gasteiger partial charge < -0.3 is 15.8 Å². The van der Waals surface area contributed by atoms with Crippen molar-refractivity contribution in [2.24, 2.45) is 5.73 Å². The summed E-state index contributed by atoms with van der Waals surface area (Å²) in [5, 5.41) is 3.11.